The van der Waals surface area contributed by atoms with Crippen LogP contribution in [0.2, 0.25) is 0 Å². The predicted molar refractivity (Wildman–Crippen MR) is 124 cm³/mol. The molecule has 6 amide bonds. The molecule has 1 aromatic carbocycles. The number of amides is 6. The molecule has 2 rings (SSSR count). The number of hydrogen-bond acceptors (Lipinski definition) is 7. The third-order valence-electron chi connectivity index (χ3n) is 5.33. The SMILES string of the molecule is NCC(=O)NCC(=O)N[C@@H](Cc1ccccc1)C(=O)NCC(=O)NCC(=O)N1CCC[C@H]1C(N)=O. The minimum absolute atomic E-state index is 0.146. The minimum atomic E-state index is -1.02. The summed E-state index contributed by atoms with van der Waals surface area (Å²) in [5, 5.41) is 9.67. The van der Waals surface area contributed by atoms with Crippen molar-refractivity contribution >= 4 is 35.4 Å². The molecule has 1 heterocycles. The summed E-state index contributed by atoms with van der Waals surface area (Å²) in [6, 6.07) is 7.21. The third-order valence-corrected chi connectivity index (χ3v) is 5.33. The van der Waals surface area contributed by atoms with Crippen LogP contribution in [0, 0.1) is 0 Å². The molecule has 0 saturated carbocycles. The molecular weight excluding hydrogens is 458 g/mol. The van der Waals surface area contributed by atoms with Crippen molar-refractivity contribution in [2.24, 2.45) is 11.5 Å². The second-order valence-electron chi connectivity index (χ2n) is 7.93. The molecular formula is C22H31N7O6. The van der Waals surface area contributed by atoms with E-state index in [1.54, 1.807) is 30.3 Å². The highest BCUT2D eigenvalue weighted by molar-refractivity contribution is 5.93. The summed E-state index contributed by atoms with van der Waals surface area (Å²) >= 11 is 0. The van der Waals surface area contributed by atoms with Gasteiger partial charge in [-0.2, -0.15) is 0 Å². The van der Waals surface area contributed by atoms with Crippen LogP contribution in [0.3, 0.4) is 0 Å². The van der Waals surface area contributed by atoms with Crippen molar-refractivity contribution in [3.63, 3.8) is 0 Å². The summed E-state index contributed by atoms with van der Waals surface area (Å²) in [7, 11) is 0. The number of nitrogens with zero attached hydrogens (tertiary/aromatic N) is 1. The molecule has 0 aliphatic carbocycles. The number of carbonyl (C=O) groups is 6. The number of rotatable bonds is 12. The standard InChI is InChI=1S/C22H31N7O6/c23-10-17(30)25-12-19(32)28-15(9-14-5-2-1-3-6-14)22(35)27-11-18(31)26-13-20(33)29-8-4-7-16(29)21(24)34/h1-3,5-6,15-16H,4,7-13,23H2,(H2,24,34)(H,25,30)(H,26,31)(H,27,35)(H,28,32)/t15-,16-/m0/s1. The van der Waals surface area contributed by atoms with Gasteiger partial charge in [-0.1, -0.05) is 30.3 Å². The zero-order valence-electron chi connectivity index (χ0n) is 19.2. The highest BCUT2D eigenvalue weighted by Crippen LogP contribution is 2.16. The molecule has 35 heavy (non-hydrogen) atoms. The lowest BCUT2D eigenvalue weighted by molar-refractivity contribution is -0.137. The van der Waals surface area contributed by atoms with Gasteiger partial charge in [0.05, 0.1) is 26.2 Å². The molecule has 190 valence electrons. The van der Waals surface area contributed by atoms with Gasteiger partial charge in [0.15, 0.2) is 0 Å². The fourth-order valence-electron chi connectivity index (χ4n) is 3.55. The summed E-state index contributed by atoms with van der Waals surface area (Å²) in [6.07, 6.45) is 1.27. The van der Waals surface area contributed by atoms with Crippen LogP contribution in [0.4, 0.5) is 0 Å². The van der Waals surface area contributed by atoms with E-state index in [4.69, 9.17) is 11.5 Å². The molecule has 1 aliphatic rings. The van der Waals surface area contributed by atoms with Crippen LogP contribution < -0.4 is 32.7 Å². The molecule has 0 unspecified atom stereocenters. The highest BCUT2D eigenvalue weighted by Gasteiger charge is 2.32. The Kier molecular flexibility index (Phi) is 10.6. The van der Waals surface area contributed by atoms with Crippen LogP contribution in [-0.2, 0) is 35.2 Å². The number of nitrogens with one attached hydrogen (secondary N) is 4. The van der Waals surface area contributed by atoms with Gasteiger partial charge in [-0.05, 0) is 18.4 Å². The van der Waals surface area contributed by atoms with E-state index in [1.165, 1.54) is 4.90 Å². The molecule has 1 saturated heterocycles. The van der Waals surface area contributed by atoms with Crippen molar-refractivity contribution in [2.75, 3.05) is 32.7 Å². The molecule has 2 atom stereocenters. The van der Waals surface area contributed by atoms with Gasteiger partial charge < -0.3 is 37.6 Å². The smallest absolute Gasteiger partial charge is 0.243 e. The summed E-state index contributed by atoms with van der Waals surface area (Å²) in [5.74, 6) is -3.41. The van der Waals surface area contributed by atoms with Crippen LogP contribution in [-0.4, -0.2) is 85.2 Å². The summed E-state index contributed by atoms with van der Waals surface area (Å²) in [5.41, 5.74) is 11.3. The van der Waals surface area contributed by atoms with Gasteiger partial charge in [0.2, 0.25) is 35.4 Å². The number of nitrogens with two attached hydrogens (primary N) is 2. The normalized spacial score (nSPS) is 15.6. The Balaban J connectivity index is 1.87. The summed E-state index contributed by atoms with van der Waals surface area (Å²) in [4.78, 5) is 73.4. The molecule has 0 spiro atoms. The first kappa shape index (κ1) is 27.2. The van der Waals surface area contributed by atoms with Crippen LogP contribution in [0.5, 0.6) is 0 Å². The number of likely N-dealkylation sites (tertiary alicyclic amines) is 1. The lowest BCUT2D eigenvalue weighted by atomic mass is 10.1. The van der Waals surface area contributed by atoms with E-state index in [2.05, 4.69) is 21.3 Å². The highest BCUT2D eigenvalue weighted by atomic mass is 16.2. The maximum absolute atomic E-state index is 12.7. The Morgan fingerprint density at radius 1 is 0.914 bits per heavy atom. The van der Waals surface area contributed by atoms with E-state index in [-0.39, 0.29) is 26.1 Å². The zero-order valence-corrected chi connectivity index (χ0v) is 19.2. The molecule has 0 bridgehead atoms. The van der Waals surface area contributed by atoms with Gasteiger partial charge >= 0.3 is 0 Å². The first-order chi connectivity index (χ1) is 16.7. The van der Waals surface area contributed by atoms with E-state index in [9.17, 15) is 28.8 Å². The molecule has 13 nitrogen and oxygen atoms in total. The quantitative estimate of drug-likeness (QED) is 0.174. The average molecular weight is 490 g/mol. The molecule has 8 N–H and O–H groups in total. The van der Waals surface area contributed by atoms with Crippen molar-refractivity contribution in [3.8, 4) is 0 Å². The van der Waals surface area contributed by atoms with Crippen molar-refractivity contribution in [2.45, 2.75) is 31.3 Å². The number of hydrogen-bond donors (Lipinski definition) is 6. The fourth-order valence-corrected chi connectivity index (χ4v) is 3.55. The van der Waals surface area contributed by atoms with Crippen LogP contribution in [0.1, 0.15) is 18.4 Å². The largest absolute Gasteiger partial charge is 0.368 e. The molecule has 1 aromatic rings. The topological polar surface area (TPSA) is 206 Å². The third kappa shape index (κ3) is 9.04. The Morgan fingerprint density at radius 3 is 2.23 bits per heavy atom. The Labute approximate surface area is 202 Å². The van der Waals surface area contributed by atoms with Crippen molar-refractivity contribution in [1.29, 1.82) is 0 Å². The van der Waals surface area contributed by atoms with Crippen LogP contribution in [0.15, 0.2) is 30.3 Å². The van der Waals surface area contributed by atoms with Gasteiger partial charge in [-0.15, -0.1) is 0 Å². The Morgan fingerprint density at radius 2 is 1.57 bits per heavy atom. The van der Waals surface area contributed by atoms with Crippen LogP contribution in [0.25, 0.3) is 0 Å². The molecule has 1 fully saturated rings. The number of carbonyl (C=O) groups excluding carboxylic acids is 6. The fraction of sp³-hybridized carbons (Fsp3) is 0.455. The lowest BCUT2D eigenvalue weighted by Crippen LogP contribution is -2.52. The van der Waals surface area contributed by atoms with E-state index < -0.39 is 54.1 Å². The van der Waals surface area contributed by atoms with Gasteiger partial charge in [0.25, 0.3) is 0 Å². The van der Waals surface area contributed by atoms with Gasteiger partial charge in [0, 0.05) is 13.0 Å². The van der Waals surface area contributed by atoms with Crippen molar-refractivity contribution in [3.05, 3.63) is 35.9 Å². The monoisotopic (exact) mass is 489 g/mol. The van der Waals surface area contributed by atoms with E-state index in [0.717, 1.165) is 5.56 Å². The van der Waals surface area contributed by atoms with Crippen LogP contribution >= 0.6 is 0 Å². The van der Waals surface area contributed by atoms with E-state index >= 15 is 0 Å². The maximum atomic E-state index is 12.7. The zero-order chi connectivity index (χ0) is 25.8. The van der Waals surface area contributed by atoms with Gasteiger partial charge in [0.1, 0.15) is 12.1 Å². The molecule has 1 aliphatic heterocycles. The summed E-state index contributed by atoms with van der Waals surface area (Å²) < 4.78 is 0. The van der Waals surface area contributed by atoms with Crippen molar-refractivity contribution in [1.82, 2.24) is 26.2 Å². The second-order valence-corrected chi connectivity index (χ2v) is 7.93. The molecule has 13 heteroatoms. The van der Waals surface area contributed by atoms with Crippen molar-refractivity contribution < 1.29 is 28.8 Å². The molecule has 0 aromatic heterocycles. The second kappa shape index (κ2) is 13.6. The number of primary amides is 1. The minimum Gasteiger partial charge on any atom is -0.368 e. The Bertz CT molecular complexity index is 939. The van der Waals surface area contributed by atoms with Gasteiger partial charge in [-0.3, -0.25) is 28.8 Å². The lowest BCUT2D eigenvalue weighted by Gasteiger charge is -2.22. The maximum Gasteiger partial charge on any atom is 0.243 e. The first-order valence-corrected chi connectivity index (χ1v) is 11.1. The van der Waals surface area contributed by atoms with E-state index in [0.29, 0.717) is 19.4 Å². The first-order valence-electron chi connectivity index (χ1n) is 11.1. The molecule has 0 radical (unpaired) electrons. The average Bonchev–Trinajstić information content (AvgIpc) is 3.35. The van der Waals surface area contributed by atoms with Gasteiger partial charge in [-0.25, -0.2) is 0 Å². The number of benzene rings is 1. The summed E-state index contributed by atoms with van der Waals surface area (Å²) in [6.45, 7) is -1.04. The van der Waals surface area contributed by atoms with E-state index in [1.807, 2.05) is 0 Å². The predicted octanol–water partition coefficient (Wildman–Crippen LogP) is -3.50. The Hall–Kier alpha value is -4.00.